The Hall–Kier alpha value is -1.59. The molecule has 2 rings (SSSR count). The Morgan fingerprint density at radius 1 is 1.17 bits per heavy atom. The van der Waals surface area contributed by atoms with E-state index in [-0.39, 0.29) is 30.4 Å². The van der Waals surface area contributed by atoms with E-state index in [2.05, 4.69) is 5.32 Å². The highest BCUT2D eigenvalue weighted by Gasteiger charge is 2.53. The first-order valence-electron chi connectivity index (χ1n) is 8.81. The molecule has 0 aromatic rings. The summed E-state index contributed by atoms with van der Waals surface area (Å²) in [6.07, 6.45) is 4.95. The number of nitrogens with zero attached hydrogens (tertiary/aromatic N) is 2. The molecule has 0 bridgehead atoms. The minimum absolute atomic E-state index is 0.0960. The average Bonchev–Trinajstić information content (AvgIpc) is 3.08. The molecule has 4 amide bonds. The molecule has 130 valence electrons. The van der Waals surface area contributed by atoms with Crippen LogP contribution in [-0.2, 0) is 9.59 Å². The Bertz CT molecular complexity index is 475. The molecule has 0 unspecified atom stereocenters. The zero-order chi connectivity index (χ0) is 17.2. The van der Waals surface area contributed by atoms with Crippen LogP contribution < -0.4 is 5.32 Å². The third-order valence-corrected chi connectivity index (χ3v) is 5.42. The van der Waals surface area contributed by atoms with E-state index in [0.717, 1.165) is 30.6 Å². The molecule has 1 heterocycles. The van der Waals surface area contributed by atoms with Crippen LogP contribution in [0, 0.1) is 0 Å². The number of imide groups is 1. The van der Waals surface area contributed by atoms with E-state index in [1.54, 1.807) is 0 Å². The van der Waals surface area contributed by atoms with Gasteiger partial charge in [-0.25, -0.2) is 4.79 Å². The SMILES string of the molecule is CC[C@@H](C)N(C(=O)CN1C(=O)NC2(CCCC2)C1=O)[C@H](C)CC. The molecule has 6 nitrogen and oxygen atoms in total. The summed E-state index contributed by atoms with van der Waals surface area (Å²) in [7, 11) is 0. The molecule has 0 aromatic carbocycles. The van der Waals surface area contributed by atoms with E-state index in [0.29, 0.717) is 12.8 Å². The fraction of sp³-hybridized carbons (Fsp3) is 0.824. The summed E-state index contributed by atoms with van der Waals surface area (Å²) in [5, 5.41) is 2.83. The van der Waals surface area contributed by atoms with E-state index in [4.69, 9.17) is 0 Å². The Kier molecular flexibility index (Phi) is 5.32. The number of amides is 4. The number of hydrogen-bond donors (Lipinski definition) is 1. The van der Waals surface area contributed by atoms with Crippen LogP contribution in [0.2, 0.25) is 0 Å². The number of carbonyl (C=O) groups is 3. The van der Waals surface area contributed by atoms with Crippen molar-refractivity contribution in [3.05, 3.63) is 0 Å². The molecule has 23 heavy (non-hydrogen) atoms. The maximum absolute atomic E-state index is 12.7. The molecule has 2 atom stereocenters. The largest absolute Gasteiger partial charge is 0.336 e. The molecule has 1 saturated heterocycles. The molecule has 1 N–H and O–H groups in total. The number of carbonyl (C=O) groups excluding carboxylic acids is 3. The third kappa shape index (κ3) is 3.21. The monoisotopic (exact) mass is 323 g/mol. The summed E-state index contributed by atoms with van der Waals surface area (Å²) in [6, 6.07) is -0.226. The number of rotatable bonds is 6. The van der Waals surface area contributed by atoms with Crippen molar-refractivity contribution in [3.8, 4) is 0 Å². The van der Waals surface area contributed by atoms with Crippen molar-refractivity contribution in [2.24, 2.45) is 0 Å². The van der Waals surface area contributed by atoms with Gasteiger partial charge in [0.15, 0.2) is 0 Å². The number of urea groups is 1. The predicted molar refractivity (Wildman–Crippen MR) is 87.8 cm³/mol. The summed E-state index contributed by atoms with van der Waals surface area (Å²) in [5.41, 5.74) is -0.741. The van der Waals surface area contributed by atoms with E-state index < -0.39 is 11.6 Å². The van der Waals surface area contributed by atoms with Crippen molar-refractivity contribution in [2.75, 3.05) is 6.54 Å². The minimum Gasteiger partial charge on any atom is -0.336 e. The lowest BCUT2D eigenvalue weighted by atomic mass is 9.98. The lowest BCUT2D eigenvalue weighted by Gasteiger charge is -2.35. The lowest BCUT2D eigenvalue weighted by molar-refractivity contribution is -0.141. The third-order valence-electron chi connectivity index (χ3n) is 5.42. The topological polar surface area (TPSA) is 69.7 Å². The fourth-order valence-electron chi connectivity index (χ4n) is 3.67. The number of hydrogen-bond acceptors (Lipinski definition) is 3. The van der Waals surface area contributed by atoms with Gasteiger partial charge in [0.1, 0.15) is 12.1 Å². The highest BCUT2D eigenvalue weighted by molar-refractivity contribution is 6.09. The summed E-state index contributed by atoms with van der Waals surface area (Å²) in [4.78, 5) is 40.5. The first-order chi connectivity index (χ1) is 10.9. The molecular weight excluding hydrogens is 294 g/mol. The Labute approximate surface area is 138 Å². The van der Waals surface area contributed by atoms with Gasteiger partial charge < -0.3 is 10.2 Å². The maximum atomic E-state index is 12.7. The molecule has 1 aliphatic carbocycles. The van der Waals surface area contributed by atoms with Crippen LogP contribution in [-0.4, -0.2) is 51.8 Å². The van der Waals surface area contributed by atoms with E-state index >= 15 is 0 Å². The van der Waals surface area contributed by atoms with Crippen LogP contribution in [0.15, 0.2) is 0 Å². The van der Waals surface area contributed by atoms with Gasteiger partial charge in [-0.2, -0.15) is 0 Å². The molecule has 2 fully saturated rings. The smallest absolute Gasteiger partial charge is 0.325 e. The van der Waals surface area contributed by atoms with E-state index in [1.165, 1.54) is 0 Å². The zero-order valence-electron chi connectivity index (χ0n) is 14.7. The molecule has 1 spiro atoms. The van der Waals surface area contributed by atoms with Crippen molar-refractivity contribution in [1.29, 1.82) is 0 Å². The lowest BCUT2D eigenvalue weighted by Crippen LogP contribution is -2.50. The summed E-state index contributed by atoms with van der Waals surface area (Å²) in [6.45, 7) is 7.94. The van der Waals surface area contributed by atoms with Gasteiger partial charge in [0.05, 0.1) is 0 Å². The molecule has 1 saturated carbocycles. The summed E-state index contributed by atoms with van der Waals surface area (Å²) in [5.74, 6) is -0.367. The molecule has 6 heteroatoms. The Morgan fingerprint density at radius 2 is 1.70 bits per heavy atom. The van der Waals surface area contributed by atoms with Gasteiger partial charge in [0, 0.05) is 12.1 Å². The first-order valence-corrected chi connectivity index (χ1v) is 8.81. The molecule has 0 aromatic heterocycles. The molecule has 2 aliphatic rings. The van der Waals surface area contributed by atoms with Crippen LogP contribution >= 0.6 is 0 Å². The molecular formula is C17H29N3O3. The average molecular weight is 323 g/mol. The fourth-order valence-corrected chi connectivity index (χ4v) is 3.67. The van der Waals surface area contributed by atoms with Gasteiger partial charge in [-0.1, -0.05) is 26.7 Å². The predicted octanol–water partition coefficient (Wildman–Crippen LogP) is 2.28. The van der Waals surface area contributed by atoms with Gasteiger partial charge in [-0.3, -0.25) is 14.5 Å². The highest BCUT2D eigenvalue weighted by Crippen LogP contribution is 2.35. The van der Waals surface area contributed by atoms with Crippen LogP contribution in [0.5, 0.6) is 0 Å². The summed E-state index contributed by atoms with van der Waals surface area (Å²) >= 11 is 0. The standard InChI is InChI=1S/C17H29N3O3/c1-5-12(3)20(13(4)6-2)14(21)11-19-15(22)17(18-16(19)23)9-7-8-10-17/h12-13H,5-11H2,1-4H3,(H,18,23)/t12-,13-/m1/s1. The van der Waals surface area contributed by atoms with Gasteiger partial charge in [-0.05, 0) is 39.5 Å². The molecule has 1 aliphatic heterocycles. The van der Waals surface area contributed by atoms with Crippen molar-refractivity contribution >= 4 is 17.8 Å². The van der Waals surface area contributed by atoms with Crippen LogP contribution in [0.25, 0.3) is 0 Å². The van der Waals surface area contributed by atoms with Crippen LogP contribution in [0.3, 0.4) is 0 Å². The minimum atomic E-state index is -0.741. The van der Waals surface area contributed by atoms with E-state index in [9.17, 15) is 14.4 Å². The normalized spacial score (nSPS) is 22.3. The zero-order valence-corrected chi connectivity index (χ0v) is 14.7. The van der Waals surface area contributed by atoms with Crippen molar-refractivity contribution in [2.45, 2.75) is 83.8 Å². The van der Waals surface area contributed by atoms with E-state index in [1.807, 2.05) is 32.6 Å². The number of nitrogens with one attached hydrogen (secondary N) is 1. The first kappa shape index (κ1) is 17.8. The Morgan fingerprint density at radius 3 is 2.17 bits per heavy atom. The van der Waals surface area contributed by atoms with Crippen molar-refractivity contribution in [3.63, 3.8) is 0 Å². The second kappa shape index (κ2) is 6.89. The second-order valence-corrected chi connectivity index (χ2v) is 6.93. The molecule has 0 radical (unpaired) electrons. The second-order valence-electron chi connectivity index (χ2n) is 6.93. The van der Waals surface area contributed by atoms with Gasteiger partial charge in [0.25, 0.3) is 5.91 Å². The summed E-state index contributed by atoms with van der Waals surface area (Å²) < 4.78 is 0. The van der Waals surface area contributed by atoms with Gasteiger partial charge in [-0.15, -0.1) is 0 Å². The van der Waals surface area contributed by atoms with Crippen molar-refractivity contribution in [1.82, 2.24) is 15.1 Å². The van der Waals surface area contributed by atoms with Crippen molar-refractivity contribution < 1.29 is 14.4 Å². The van der Waals surface area contributed by atoms with Crippen LogP contribution in [0.1, 0.15) is 66.2 Å². The van der Waals surface area contributed by atoms with Crippen LogP contribution in [0.4, 0.5) is 4.79 Å². The maximum Gasteiger partial charge on any atom is 0.325 e. The quantitative estimate of drug-likeness (QED) is 0.762. The van der Waals surface area contributed by atoms with Gasteiger partial charge >= 0.3 is 6.03 Å². The Balaban J connectivity index is 2.12. The highest BCUT2D eigenvalue weighted by atomic mass is 16.2. The van der Waals surface area contributed by atoms with Gasteiger partial charge in [0.2, 0.25) is 5.91 Å².